The second kappa shape index (κ2) is 9.03. The molecular weight excluding hydrogens is 482 g/mol. The van der Waals surface area contributed by atoms with E-state index in [9.17, 15) is 14.7 Å². The number of Topliss-reactive ketones (excluding diaryl/α,β-unsaturated/α-hetero) is 1. The number of hydrogen-bond donors (Lipinski definition) is 3. The summed E-state index contributed by atoms with van der Waals surface area (Å²) in [6, 6.07) is 23.7. The highest BCUT2D eigenvalue weighted by atomic mass is 32.1. The predicted molar refractivity (Wildman–Crippen MR) is 145 cm³/mol. The van der Waals surface area contributed by atoms with Crippen molar-refractivity contribution in [2.75, 3.05) is 13.7 Å². The first-order valence-electron chi connectivity index (χ1n) is 12.9. The first-order valence-corrected chi connectivity index (χ1v) is 13.5. The molecule has 0 spiro atoms. The standard InChI is InChI=1S/C31H31NO4S/c1-36-26-12-11-19(17-37)15-20(26)16-25(33)27-28-30(21-7-3-2-4-8-21)14-13-24(22-9-5-6-10-23(22)30)31(28,18-32-27)29(34)35/h2-12,15,24,27-28,32,37H,13-14,16-18H2,1H3,(H,34,35). The fraction of sp³-hybridized carbons (Fsp3) is 0.355. The van der Waals surface area contributed by atoms with Crippen LogP contribution < -0.4 is 10.1 Å². The van der Waals surface area contributed by atoms with Crippen molar-refractivity contribution in [2.24, 2.45) is 11.3 Å². The van der Waals surface area contributed by atoms with E-state index in [4.69, 9.17) is 4.74 Å². The van der Waals surface area contributed by atoms with Gasteiger partial charge in [0.1, 0.15) is 5.75 Å². The maximum Gasteiger partial charge on any atom is 0.311 e. The molecule has 3 aromatic carbocycles. The Morgan fingerprint density at radius 1 is 1.08 bits per heavy atom. The summed E-state index contributed by atoms with van der Waals surface area (Å²) in [7, 11) is 1.61. The summed E-state index contributed by atoms with van der Waals surface area (Å²) >= 11 is 4.40. The van der Waals surface area contributed by atoms with Crippen LogP contribution in [0.1, 0.15) is 46.6 Å². The van der Waals surface area contributed by atoms with Crippen molar-refractivity contribution in [2.45, 2.75) is 42.4 Å². The van der Waals surface area contributed by atoms with Crippen LogP contribution in [0.2, 0.25) is 0 Å². The number of rotatable bonds is 7. The minimum atomic E-state index is -1.06. The van der Waals surface area contributed by atoms with Crippen molar-refractivity contribution >= 4 is 24.4 Å². The molecule has 0 aromatic heterocycles. The maximum atomic E-state index is 14.1. The number of ketones is 1. The number of carboxylic acids is 1. The summed E-state index contributed by atoms with van der Waals surface area (Å²) in [5.74, 6) is -0.121. The third-order valence-electron chi connectivity index (χ3n) is 9.23. The number of carbonyl (C=O) groups excluding carboxylic acids is 1. The van der Waals surface area contributed by atoms with Gasteiger partial charge in [0.2, 0.25) is 0 Å². The summed E-state index contributed by atoms with van der Waals surface area (Å²) in [6.45, 7) is 0.283. The van der Waals surface area contributed by atoms with E-state index < -0.39 is 28.8 Å². The average molecular weight is 514 g/mol. The van der Waals surface area contributed by atoms with Crippen molar-refractivity contribution in [1.82, 2.24) is 5.32 Å². The van der Waals surface area contributed by atoms with E-state index in [0.29, 0.717) is 11.5 Å². The third-order valence-corrected chi connectivity index (χ3v) is 9.59. The second-order valence-corrected chi connectivity index (χ2v) is 11.0. The molecule has 1 saturated carbocycles. The Hall–Kier alpha value is -3.09. The molecule has 3 aromatic rings. The van der Waals surface area contributed by atoms with E-state index in [-0.39, 0.29) is 24.7 Å². The molecule has 1 heterocycles. The number of aliphatic carboxylic acids is 1. The highest BCUT2D eigenvalue weighted by Gasteiger charge is 2.72. The monoisotopic (exact) mass is 513 g/mol. The molecule has 3 aliphatic carbocycles. The molecule has 2 fully saturated rings. The number of carboxylic acid groups (broad SMARTS) is 1. The van der Waals surface area contributed by atoms with Crippen LogP contribution in [0.25, 0.3) is 0 Å². The van der Waals surface area contributed by atoms with Gasteiger partial charge in [0.15, 0.2) is 5.78 Å². The molecule has 6 heteroatoms. The highest BCUT2D eigenvalue weighted by Crippen LogP contribution is 2.69. The number of carbonyl (C=O) groups is 2. The Morgan fingerprint density at radius 3 is 2.57 bits per heavy atom. The number of benzene rings is 3. The van der Waals surface area contributed by atoms with Crippen molar-refractivity contribution in [3.05, 3.63) is 101 Å². The molecule has 7 rings (SSSR count). The first-order chi connectivity index (χ1) is 18.0. The lowest BCUT2D eigenvalue weighted by atomic mass is 9.41. The zero-order valence-electron chi connectivity index (χ0n) is 20.8. The zero-order chi connectivity index (χ0) is 25.8. The molecule has 4 aliphatic rings. The smallest absolute Gasteiger partial charge is 0.311 e. The molecule has 2 N–H and O–H groups in total. The van der Waals surface area contributed by atoms with Gasteiger partial charge in [-0.05, 0) is 41.2 Å². The van der Waals surface area contributed by atoms with Crippen LogP contribution >= 0.6 is 12.6 Å². The summed E-state index contributed by atoms with van der Waals surface area (Å²) in [5.41, 5.74) is 3.59. The van der Waals surface area contributed by atoms with Crippen molar-refractivity contribution in [1.29, 1.82) is 0 Å². The quantitative estimate of drug-likeness (QED) is 0.397. The van der Waals surface area contributed by atoms with Crippen LogP contribution in [-0.4, -0.2) is 36.6 Å². The van der Waals surface area contributed by atoms with Gasteiger partial charge in [-0.1, -0.05) is 66.7 Å². The molecule has 5 atom stereocenters. The number of hydrogen-bond acceptors (Lipinski definition) is 5. The van der Waals surface area contributed by atoms with Gasteiger partial charge >= 0.3 is 5.97 Å². The van der Waals surface area contributed by atoms with E-state index >= 15 is 0 Å². The largest absolute Gasteiger partial charge is 0.496 e. The van der Waals surface area contributed by atoms with Gasteiger partial charge in [0.25, 0.3) is 0 Å². The van der Waals surface area contributed by atoms with Crippen molar-refractivity contribution in [3.8, 4) is 5.75 Å². The van der Waals surface area contributed by atoms with Crippen LogP contribution in [0.4, 0.5) is 0 Å². The SMILES string of the molecule is COc1ccc(CS)cc1CC(=O)C1NCC2(C(=O)O)C3CCC(c4ccccc4)(c4ccccc43)C12. The van der Waals surface area contributed by atoms with E-state index in [0.717, 1.165) is 35.1 Å². The van der Waals surface area contributed by atoms with Gasteiger partial charge in [-0.3, -0.25) is 9.59 Å². The molecule has 1 aliphatic heterocycles. The number of fused-ring (bicyclic) bond motifs is 1. The predicted octanol–water partition coefficient (Wildman–Crippen LogP) is 4.77. The molecule has 0 amide bonds. The molecular formula is C31H31NO4S. The lowest BCUT2D eigenvalue weighted by Crippen LogP contribution is -2.62. The molecule has 190 valence electrons. The number of thiol groups is 1. The minimum absolute atomic E-state index is 0.00285. The molecule has 37 heavy (non-hydrogen) atoms. The fourth-order valence-electron chi connectivity index (χ4n) is 7.83. The number of methoxy groups -OCH3 is 1. The maximum absolute atomic E-state index is 14.1. The van der Waals surface area contributed by atoms with E-state index in [1.165, 1.54) is 5.56 Å². The van der Waals surface area contributed by atoms with E-state index in [1.54, 1.807) is 7.11 Å². The summed E-state index contributed by atoms with van der Waals surface area (Å²) in [5, 5.41) is 14.3. The van der Waals surface area contributed by atoms with Gasteiger partial charge in [0.05, 0.1) is 18.6 Å². The fourth-order valence-corrected chi connectivity index (χ4v) is 8.03. The van der Waals surface area contributed by atoms with E-state index in [1.807, 2.05) is 48.5 Å². The van der Waals surface area contributed by atoms with E-state index in [2.05, 4.69) is 42.2 Å². The Kier molecular flexibility index (Phi) is 5.92. The first kappa shape index (κ1) is 24.3. The molecule has 1 saturated heterocycles. The lowest BCUT2D eigenvalue weighted by molar-refractivity contribution is -0.158. The van der Waals surface area contributed by atoms with Gasteiger partial charge < -0.3 is 15.2 Å². The lowest BCUT2D eigenvalue weighted by Gasteiger charge is -2.60. The zero-order valence-corrected chi connectivity index (χ0v) is 21.7. The molecule has 5 nitrogen and oxygen atoms in total. The van der Waals surface area contributed by atoms with Crippen LogP contribution in [0.3, 0.4) is 0 Å². The molecule has 5 unspecified atom stereocenters. The highest BCUT2D eigenvalue weighted by molar-refractivity contribution is 7.79. The van der Waals surface area contributed by atoms with Crippen LogP contribution in [0.5, 0.6) is 5.75 Å². The second-order valence-electron chi connectivity index (χ2n) is 10.6. The summed E-state index contributed by atoms with van der Waals surface area (Å²) in [4.78, 5) is 27.4. The molecule has 2 bridgehead atoms. The van der Waals surface area contributed by atoms with Gasteiger partial charge in [0, 0.05) is 41.5 Å². The van der Waals surface area contributed by atoms with Gasteiger partial charge in [-0.25, -0.2) is 0 Å². The van der Waals surface area contributed by atoms with Crippen molar-refractivity contribution in [3.63, 3.8) is 0 Å². The summed E-state index contributed by atoms with van der Waals surface area (Å²) < 4.78 is 5.57. The third kappa shape index (κ3) is 3.35. The van der Waals surface area contributed by atoms with Gasteiger partial charge in [-0.2, -0.15) is 12.6 Å². The average Bonchev–Trinajstić information content (AvgIpc) is 3.38. The van der Waals surface area contributed by atoms with Crippen LogP contribution in [-0.2, 0) is 27.2 Å². The van der Waals surface area contributed by atoms with Crippen LogP contribution in [0, 0.1) is 11.3 Å². The Balaban J connectivity index is 1.51. The topological polar surface area (TPSA) is 75.6 Å². The Morgan fingerprint density at radius 2 is 1.84 bits per heavy atom. The summed E-state index contributed by atoms with van der Waals surface area (Å²) in [6.07, 6.45) is 1.78. The number of ether oxygens (including phenoxy) is 1. The number of nitrogens with one attached hydrogen (secondary N) is 1. The minimum Gasteiger partial charge on any atom is -0.496 e. The Labute approximate surface area is 222 Å². The van der Waals surface area contributed by atoms with Gasteiger partial charge in [-0.15, -0.1) is 0 Å². The molecule has 0 radical (unpaired) electrons. The normalized spacial score (nSPS) is 29.4. The van der Waals surface area contributed by atoms with Crippen molar-refractivity contribution < 1.29 is 19.4 Å². The Bertz CT molecular complexity index is 1370. The van der Waals surface area contributed by atoms with Crippen LogP contribution in [0.15, 0.2) is 72.8 Å².